The molecule has 6 nitrogen and oxygen atoms in total. The van der Waals surface area contributed by atoms with Crippen molar-refractivity contribution >= 4 is 28.4 Å². The van der Waals surface area contributed by atoms with Crippen molar-refractivity contribution in [1.29, 1.82) is 0 Å². The number of H-pyrrole nitrogens is 1. The molecule has 0 saturated carbocycles. The van der Waals surface area contributed by atoms with Gasteiger partial charge in [-0.05, 0) is 31.0 Å². The zero-order valence-corrected chi connectivity index (χ0v) is 14.5. The van der Waals surface area contributed by atoms with Gasteiger partial charge in [-0.2, -0.15) is 5.10 Å². The van der Waals surface area contributed by atoms with Gasteiger partial charge in [0.1, 0.15) is 0 Å². The summed E-state index contributed by atoms with van der Waals surface area (Å²) in [5.41, 5.74) is 3.87. The number of nitrogens with one attached hydrogen (secondary N) is 2. The Bertz CT molecular complexity index is 925. The fourth-order valence-electron chi connectivity index (χ4n) is 2.79. The van der Waals surface area contributed by atoms with Crippen molar-refractivity contribution in [3.05, 3.63) is 59.3 Å². The first-order chi connectivity index (χ1) is 12.0. The normalized spacial score (nSPS) is 10.7. The van der Waals surface area contributed by atoms with Crippen LogP contribution in [0.1, 0.15) is 21.6 Å². The first-order valence-corrected chi connectivity index (χ1v) is 8.02. The van der Waals surface area contributed by atoms with Gasteiger partial charge in [-0.1, -0.05) is 36.4 Å². The molecule has 128 valence electrons. The van der Waals surface area contributed by atoms with Crippen molar-refractivity contribution in [2.45, 2.75) is 13.8 Å². The highest BCUT2D eigenvalue weighted by Crippen LogP contribution is 2.20. The van der Waals surface area contributed by atoms with Gasteiger partial charge in [-0.3, -0.25) is 14.7 Å². The van der Waals surface area contributed by atoms with E-state index in [1.54, 1.807) is 7.05 Å². The molecule has 0 bridgehead atoms. The number of rotatable bonds is 4. The van der Waals surface area contributed by atoms with Gasteiger partial charge in [0.2, 0.25) is 5.91 Å². The largest absolute Gasteiger partial charge is 0.331 e. The number of likely N-dealkylation sites (N-methyl/N-ethyl adjacent to an activating group) is 1. The maximum atomic E-state index is 12.6. The molecule has 0 aliphatic carbocycles. The third-order valence-electron chi connectivity index (χ3n) is 4.15. The Balaban J connectivity index is 1.72. The Morgan fingerprint density at radius 2 is 1.76 bits per heavy atom. The summed E-state index contributed by atoms with van der Waals surface area (Å²) in [7, 11) is 1.59. The minimum absolute atomic E-state index is 0.0478. The number of carbonyl (C=O) groups excluding carboxylic acids is 2. The highest BCUT2D eigenvalue weighted by Gasteiger charge is 2.20. The zero-order chi connectivity index (χ0) is 18.0. The molecule has 0 fully saturated rings. The summed E-state index contributed by atoms with van der Waals surface area (Å²) in [4.78, 5) is 26.3. The van der Waals surface area contributed by atoms with E-state index in [-0.39, 0.29) is 18.4 Å². The van der Waals surface area contributed by atoms with Crippen LogP contribution in [-0.2, 0) is 4.79 Å². The number of hydrogen-bond donors (Lipinski definition) is 2. The number of aryl methyl sites for hydroxylation is 2. The number of carbonyl (C=O) groups is 2. The maximum Gasteiger partial charge on any atom is 0.275 e. The molecule has 2 aromatic carbocycles. The predicted octanol–water partition coefficient (Wildman–Crippen LogP) is 2.89. The van der Waals surface area contributed by atoms with Gasteiger partial charge >= 0.3 is 0 Å². The highest BCUT2D eigenvalue weighted by molar-refractivity contribution is 6.06. The molecule has 0 spiro atoms. The van der Waals surface area contributed by atoms with Crippen molar-refractivity contribution in [2.75, 3.05) is 18.9 Å². The van der Waals surface area contributed by atoms with Crippen LogP contribution in [0.25, 0.3) is 10.9 Å². The number of para-hydroxylation sites is 2. The molecule has 0 radical (unpaired) electrons. The van der Waals surface area contributed by atoms with Crippen molar-refractivity contribution < 1.29 is 9.59 Å². The fraction of sp³-hybridized carbons (Fsp3) is 0.211. The summed E-state index contributed by atoms with van der Waals surface area (Å²) < 4.78 is 0. The van der Waals surface area contributed by atoms with E-state index >= 15 is 0 Å². The van der Waals surface area contributed by atoms with E-state index in [2.05, 4.69) is 15.5 Å². The number of aromatic amines is 1. The lowest BCUT2D eigenvalue weighted by molar-refractivity contribution is -0.116. The second-order valence-corrected chi connectivity index (χ2v) is 6.09. The van der Waals surface area contributed by atoms with Crippen LogP contribution < -0.4 is 5.32 Å². The van der Waals surface area contributed by atoms with Crippen LogP contribution in [-0.4, -0.2) is 40.5 Å². The van der Waals surface area contributed by atoms with Gasteiger partial charge in [-0.25, -0.2) is 0 Å². The van der Waals surface area contributed by atoms with Crippen molar-refractivity contribution in [3.63, 3.8) is 0 Å². The second kappa shape index (κ2) is 6.76. The van der Waals surface area contributed by atoms with Crippen LogP contribution in [0.15, 0.2) is 42.5 Å². The van der Waals surface area contributed by atoms with Gasteiger partial charge < -0.3 is 10.2 Å². The standard InChI is InChI=1S/C19H20N4O2/c1-12-7-6-8-13(2)17(12)20-16(24)11-23(3)19(25)18-14-9-4-5-10-15(14)21-22-18/h4-10H,11H2,1-3H3,(H,20,24)(H,21,22). The Hall–Kier alpha value is -3.15. The van der Waals surface area contributed by atoms with E-state index in [1.165, 1.54) is 4.90 Å². The Kier molecular flexibility index (Phi) is 4.52. The Morgan fingerprint density at radius 1 is 1.08 bits per heavy atom. The number of nitrogens with zero attached hydrogens (tertiary/aromatic N) is 2. The van der Waals surface area contributed by atoms with Crippen molar-refractivity contribution in [1.82, 2.24) is 15.1 Å². The van der Waals surface area contributed by atoms with Gasteiger partial charge in [-0.15, -0.1) is 0 Å². The van der Waals surface area contributed by atoms with Gasteiger partial charge in [0.05, 0.1) is 12.1 Å². The number of fused-ring (bicyclic) bond motifs is 1. The molecule has 3 rings (SSSR count). The molecule has 6 heteroatoms. The Morgan fingerprint density at radius 3 is 2.48 bits per heavy atom. The SMILES string of the molecule is Cc1cccc(C)c1NC(=O)CN(C)C(=O)c1n[nH]c2ccccc12. The predicted molar refractivity (Wildman–Crippen MR) is 97.6 cm³/mol. The average Bonchev–Trinajstić information content (AvgIpc) is 3.01. The average molecular weight is 336 g/mol. The molecule has 1 heterocycles. The lowest BCUT2D eigenvalue weighted by Crippen LogP contribution is -2.35. The Labute approximate surface area is 145 Å². The number of hydrogen-bond acceptors (Lipinski definition) is 3. The monoisotopic (exact) mass is 336 g/mol. The molecule has 0 atom stereocenters. The highest BCUT2D eigenvalue weighted by atomic mass is 16.2. The summed E-state index contributed by atoms with van der Waals surface area (Å²) in [6.07, 6.45) is 0. The molecule has 1 aromatic heterocycles. The molecule has 2 N–H and O–H groups in total. The molecule has 0 aliphatic rings. The van der Waals surface area contributed by atoms with Gasteiger partial charge in [0.15, 0.2) is 5.69 Å². The van der Waals surface area contributed by atoms with Crippen LogP contribution in [0.5, 0.6) is 0 Å². The third-order valence-corrected chi connectivity index (χ3v) is 4.15. The summed E-state index contributed by atoms with van der Waals surface area (Å²) in [5.74, 6) is -0.540. The van der Waals surface area contributed by atoms with E-state index in [1.807, 2.05) is 56.3 Å². The van der Waals surface area contributed by atoms with E-state index in [4.69, 9.17) is 0 Å². The summed E-state index contributed by atoms with van der Waals surface area (Å²) in [6.45, 7) is 3.83. The minimum atomic E-state index is -0.297. The zero-order valence-electron chi connectivity index (χ0n) is 14.5. The van der Waals surface area contributed by atoms with Gasteiger partial charge in [0.25, 0.3) is 5.91 Å². The van der Waals surface area contributed by atoms with Crippen LogP contribution in [0.2, 0.25) is 0 Å². The van der Waals surface area contributed by atoms with Crippen molar-refractivity contribution in [3.8, 4) is 0 Å². The lowest BCUT2D eigenvalue weighted by atomic mass is 10.1. The number of anilines is 1. The summed E-state index contributed by atoms with van der Waals surface area (Å²) >= 11 is 0. The molecule has 0 aliphatic heterocycles. The van der Waals surface area contributed by atoms with E-state index in [9.17, 15) is 9.59 Å². The minimum Gasteiger partial charge on any atom is -0.331 e. The van der Waals surface area contributed by atoms with Crippen LogP contribution >= 0.6 is 0 Å². The van der Waals surface area contributed by atoms with Crippen LogP contribution in [0, 0.1) is 13.8 Å². The molecular weight excluding hydrogens is 316 g/mol. The van der Waals surface area contributed by atoms with Gasteiger partial charge in [0, 0.05) is 18.1 Å². The summed E-state index contributed by atoms with van der Waals surface area (Å²) in [6, 6.07) is 13.2. The second-order valence-electron chi connectivity index (χ2n) is 6.09. The lowest BCUT2D eigenvalue weighted by Gasteiger charge is -2.17. The third kappa shape index (κ3) is 3.38. The molecule has 3 aromatic rings. The quantitative estimate of drug-likeness (QED) is 0.769. The van der Waals surface area contributed by atoms with E-state index < -0.39 is 0 Å². The summed E-state index contributed by atoms with van der Waals surface area (Å²) in [5, 5.41) is 10.6. The molecule has 25 heavy (non-hydrogen) atoms. The molecule has 0 saturated heterocycles. The first-order valence-electron chi connectivity index (χ1n) is 8.02. The topological polar surface area (TPSA) is 78.1 Å². The van der Waals surface area contributed by atoms with Crippen molar-refractivity contribution in [2.24, 2.45) is 0 Å². The smallest absolute Gasteiger partial charge is 0.275 e. The van der Waals surface area contributed by atoms with E-state index in [0.717, 1.165) is 27.7 Å². The molecule has 0 unspecified atom stereocenters. The number of benzene rings is 2. The van der Waals surface area contributed by atoms with Crippen LogP contribution in [0.4, 0.5) is 5.69 Å². The molecular formula is C19H20N4O2. The first kappa shape index (κ1) is 16.7. The molecule has 2 amide bonds. The van der Waals surface area contributed by atoms with E-state index in [0.29, 0.717) is 5.69 Å². The number of amides is 2. The van der Waals surface area contributed by atoms with Crippen LogP contribution in [0.3, 0.4) is 0 Å². The maximum absolute atomic E-state index is 12.6. The number of aromatic nitrogens is 2. The fourth-order valence-corrected chi connectivity index (χ4v) is 2.79.